The third kappa shape index (κ3) is 4.47. The number of rotatable bonds is 7. The number of fused-ring (bicyclic) bond motifs is 1. The number of hydrogen-bond donors (Lipinski definition) is 1. The van der Waals surface area contributed by atoms with Gasteiger partial charge in [-0.2, -0.15) is 0 Å². The van der Waals surface area contributed by atoms with Crippen molar-refractivity contribution in [3.63, 3.8) is 0 Å². The number of carbonyl (C=O) groups is 4. The first-order valence-electron chi connectivity index (χ1n) is 10.4. The number of carbonyl (C=O) groups excluding carboxylic acids is 4. The van der Waals surface area contributed by atoms with Crippen LogP contribution in [0.4, 0.5) is 5.69 Å². The zero-order valence-electron chi connectivity index (χ0n) is 17.6. The summed E-state index contributed by atoms with van der Waals surface area (Å²) >= 11 is 0. The number of esters is 1. The van der Waals surface area contributed by atoms with Crippen LogP contribution in [-0.4, -0.2) is 47.3 Å². The molecule has 30 heavy (non-hydrogen) atoms. The summed E-state index contributed by atoms with van der Waals surface area (Å²) < 4.78 is 10.6. The molecule has 0 radical (unpaired) electrons. The van der Waals surface area contributed by atoms with Crippen LogP contribution in [0.15, 0.2) is 24.3 Å². The zero-order chi connectivity index (χ0) is 21.8. The maximum Gasteiger partial charge on any atom is 0.329 e. The molecule has 3 amide bonds. The molecule has 0 bridgehead atoms. The standard InChI is InChI=1S/C22H28N2O6/c1-4-29-16-11-9-15(10-12-16)23-19(25)14(3)30-22(28)13(2)24-20(26)17-7-5-6-8-18(17)21(24)27/h9-14,17-18H,4-8H2,1-3H3,(H,23,25)/t13-,14-,17-,18-/m0/s1. The van der Waals surface area contributed by atoms with Crippen molar-refractivity contribution in [2.45, 2.75) is 58.6 Å². The summed E-state index contributed by atoms with van der Waals surface area (Å²) in [6.07, 6.45) is 2.09. The predicted molar refractivity (Wildman–Crippen MR) is 109 cm³/mol. The average Bonchev–Trinajstić information content (AvgIpc) is 2.99. The third-order valence-electron chi connectivity index (χ3n) is 5.70. The van der Waals surface area contributed by atoms with Gasteiger partial charge in [0.1, 0.15) is 11.8 Å². The van der Waals surface area contributed by atoms with Crippen molar-refractivity contribution in [3.05, 3.63) is 24.3 Å². The Bertz CT molecular complexity index is 797. The van der Waals surface area contributed by atoms with Gasteiger partial charge in [0, 0.05) is 5.69 Å². The first kappa shape index (κ1) is 21.8. The Labute approximate surface area is 175 Å². The number of imide groups is 1. The van der Waals surface area contributed by atoms with Gasteiger partial charge in [0.15, 0.2) is 6.10 Å². The van der Waals surface area contributed by atoms with Crippen molar-refractivity contribution in [1.29, 1.82) is 0 Å². The summed E-state index contributed by atoms with van der Waals surface area (Å²) in [6.45, 7) is 5.33. The molecule has 1 heterocycles. The van der Waals surface area contributed by atoms with Gasteiger partial charge in [-0.1, -0.05) is 12.8 Å². The van der Waals surface area contributed by atoms with Gasteiger partial charge < -0.3 is 14.8 Å². The molecule has 1 N–H and O–H groups in total. The molecule has 162 valence electrons. The minimum absolute atomic E-state index is 0.305. The SMILES string of the molecule is CCOc1ccc(NC(=O)[C@H](C)OC(=O)[C@H](C)N2C(=O)[C@H]3CCCC[C@@H]3C2=O)cc1. The van der Waals surface area contributed by atoms with Crippen molar-refractivity contribution < 1.29 is 28.7 Å². The Morgan fingerprint density at radius 1 is 1.07 bits per heavy atom. The average molecular weight is 416 g/mol. The van der Waals surface area contributed by atoms with Gasteiger partial charge in [-0.05, 0) is 57.9 Å². The highest BCUT2D eigenvalue weighted by atomic mass is 16.5. The van der Waals surface area contributed by atoms with Crippen LogP contribution >= 0.6 is 0 Å². The van der Waals surface area contributed by atoms with Crippen LogP contribution in [0.1, 0.15) is 46.5 Å². The lowest BCUT2D eigenvalue weighted by Gasteiger charge is -2.23. The highest BCUT2D eigenvalue weighted by Crippen LogP contribution is 2.39. The Morgan fingerprint density at radius 2 is 1.63 bits per heavy atom. The number of benzene rings is 1. The molecule has 1 saturated carbocycles. The van der Waals surface area contributed by atoms with Gasteiger partial charge in [0.2, 0.25) is 11.8 Å². The highest BCUT2D eigenvalue weighted by molar-refractivity contribution is 6.08. The van der Waals surface area contributed by atoms with Crippen LogP contribution < -0.4 is 10.1 Å². The van der Waals surface area contributed by atoms with Crippen molar-refractivity contribution in [3.8, 4) is 5.75 Å². The fourth-order valence-electron chi connectivity index (χ4n) is 4.05. The largest absolute Gasteiger partial charge is 0.494 e. The summed E-state index contributed by atoms with van der Waals surface area (Å²) in [5, 5.41) is 2.66. The summed E-state index contributed by atoms with van der Waals surface area (Å²) in [5.74, 6) is -1.87. The number of likely N-dealkylation sites (tertiary alicyclic amines) is 1. The molecule has 1 aromatic carbocycles. The molecule has 0 unspecified atom stereocenters. The van der Waals surface area contributed by atoms with Crippen LogP contribution in [0.2, 0.25) is 0 Å². The van der Waals surface area contributed by atoms with Crippen molar-refractivity contribution in [1.82, 2.24) is 4.90 Å². The lowest BCUT2D eigenvalue weighted by Crippen LogP contribution is -2.46. The van der Waals surface area contributed by atoms with Crippen LogP contribution in [0, 0.1) is 11.8 Å². The minimum Gasteiger partial charge on any atom is -0.494 e. The lowest BCUT2D eigenvalue weighted by molar-refractivity contribution is -0.163. The number of hydrogen-bond acceptors (Lipinski definition) is 6. The van der Waals surface area contributed by atoms with Crippen LogP contribution in [-0.2, 0) is 23.9 Å². The van der Waals surface area contributed by atoms with Crippen LogP contribution in [0.3, 0.4) is 0 Å². The molecule has 1 aromatic rings. The Morgan fingerprint density at radius 3 is 2.17 bits per heavy atom. The fourth-order valence-corrected chi connectivity index (χ4v) is 4.05. The summed E-state index contributed by atoms with van der Waals surface area (Å²) in [4.78, 5) is 51.2. The molecule has 8 nitrogen and oxygen atoms in total. The normalized spacial score (nSPS) is 22.8. The predicted octanol–water partition coefficient (Wildman–Crippen LogP) is 2.52. The highest BCUT2D eigenvalue weighted by Gasteiger charge is 2.51. The molecule has 8 heteroatoms. The second-order valence-corrected chi connectivity index (χ2v) is 7.75. The Kier molecular flexibility index (Phi) is 6.74. The summed E-state index contributed by atoms with van der Waals surface area (Å²) in [5.41, 5.74) is 0.536. The van der Waals surface area contributed by atoms with Gasteiger partial charge >= 0.3 is 5.97 Å². The number of anilines is 1. The molecule has 3 rings (SSSR count). The summed E-state index contributed by atoms with van der Waals surface area (Å²) in [7, 11) is 0. The van der Waals surface area contributed by atoms with E-state index in [1.807, 2.05) is 6.92 Å². The fraction of sp³-hybridized carbons (Fsp3) is 0.545. The van der Waals surface area contributed by atoms with Gasteiger partial charge in [-0.3, -0.25) is 19.3 Å². The number of amides is 3. The van der Waals surface area contributed by atoms with E-state index in [-0.39, 0.29) is 23.7 Å². The van der Waals surface area contributed by atoms with Crippen LogP contribution in [0.25, 0.3) is 0 Å². The van der Waals surface area contributed by atoms with Gasteiger partial charge in [0.05, 0.1) is 18.4 Å². The third-order valence-corrected chi connectivity index (χ3v) is 5.70. The Balaban J connectivity index is 1.57. The van der Waals surface area contributed by atoms with E-state index in [9.17, 15) is 19.2 Å². The monoisotopic (exact) mass is 416 g/mol. The Hall–Kier alpha value is -2.90. The maximum absolute atomic E-state index is 12.6. The minimum atomic E-state index is -1.08. The zero-order valence-corrected chi connectivity index (χ0v) is 17.6. The number of nitrogens with one attached hydrogen (secondary N) is 1. The first-order valence-corrected chi connectivity index (χ1v) is 10.4. The second-order valence-electron chi connectivity index (χ2n) is 7.75. The molecule has 2 fully saturated rings. The first-order chi connectivity index (χ1) is 14.3. The second kappa shape index (κ2) is 9.28. The molecular weight excluding hydrogens is 388 g/mol. The van der Waals surface area contributed by atoms with Crippen molar-refractivity contribution >= 4 is 29.4 Å². The molecule has 0 aromatic heterocycles. The van der Waals surface area contributed by atoms with Gasteiger partial charge in [-0.15, -0.1) is 0 Å². The molecule has 2 aliphatic rings. The number of nitrogens with zero attached hydrogens (tertiary/aromatic N) is 1. The van der Waals surface area contributed by atoms with E-state index in [1.54, 1.807) is 24.3 Å². The molecule has 1 aliphatic heterocycles. The van der Waals surface area contributed by atoms with Crippen molar-refractivity contribution in [2.24, 2.45) is 11.8 Å². The molecule has 4 atom stereocenters. The number of ether oxygens (including phenoxy) is 2. The van der Waals surface area contributed by atoms with E-state index in [0.717, 1.165) is 17.7 Å². The van der Waals surface area contributed by atoms with E-state index >= 15 is 0 Å². The summed E-state index contributed by atoms with van der Waals surface area (Å²) in [6, 6.07) is 5.76. The van der Waals surface area contributed by atoms with E-state index in [1.165, 1.54) is 13.8 Å². The molecule has 0 spiro atoms. The van der Waals surface area contributed by atoms with Gasteiger partial charge in [0.25, 0.3) is 5.91 Å². The van der Waals surface area contributed by atoms with Gasteiger partial charge in [-0.25, -0.2) is 4.79 Å². The van der Waals surface area contributed by atoms with E-state index < -0.39 is 24.0 Å². The van der Waals surface area contributed by atoms with Crippen LogP contribution in [0.5, 0.6) is 5.75 Å². The smallest absolute Gasteiger partial charge is 0.329 e. The maximum atomic E-state index is 12.6. The van der Waals surface area contributed by atoms with Crippen molar-refractivity contribution in [2.75, 3.05) is 11.9 Å². The molecule has 1 saturated heterocycles. The van der Waals surface area contributed by atoms with E-state index in [2.05, 4.69) is 5.32 Å². The quantitative estimate of drug-likeness (QED) is 0.541. The van der Waals surface area contributed by atoms with E-state index in [4.69, 9.17) is 9.47 Å². The topological polar surface area (TPSA) is 102 Å². The van der Waals surface area contributed by atoms with E-state index in [0.29, 0.717) is 30.9 Å². The molecule has 1 aliphatic carbocycles. The lowest BCUT2D eigenvalue weighted by atomic mass is 9.81. The molecular formula is C22H28N2O6.